The fraction of sp³-hybridized carbons (Fsp3) is 0.462. The minimum absolute atomic E-state index is 0.331. The molecule has 86 valence electrons. The van der Waals surface area contributed by atoms with Gasteiger partial charge in [0, 0.05) is 5.25 Å². The van der Waals surface area contributed by atoms with Crippen molar-refractivity contribution in [2.45, 2.75) is 32.1 Å². The highest BCUT2D eigenvalue weighted by atomic mass is 32.2. The number of aryl methyl sites for hydroxylation is 1. The summed E-state index contributed by atoms with van der Waals surface area (Å²) in [5.41, 5.74) is 2.68. The first-order valence-electron chi connectivity index (χ1n) is 5.70. The van der Waals surface area contributed by atoms with Crippen LogP contribution in [-0.4, -0.2) is 17.0 Å². The Morgan fingerprint density at radius 1 is 1.44 bits per heavy atom. The van der Waals surface area contributed by atoms with E-state index in [1.165, 1.54) is 11.1 Å². The quantitative estimate of drug-likeness (QED) is 0.850. The number of amidine groups is 1. The summed E-state index contributed by atoms with van der Waals surface area (Å²) in [5, 5.41) is 5.18. The molecular formula is C13H18N2S. The Hall–Kier alpha value is -0.960. The highest BCUT2D eigenvalue weighted by molar-refractivity contribution is 8.14. The molecule has 0 aromatic heterocycles. The van der Waals surface area contributed by atoms with Gasteiger partial charge in [-0.3, -0.25) is 4.99 Å². The second-order valence-electron chi connectivity index (χ2n) is 4.30. The Labute approximate surface area is 102 Å². The minimum Gasteiger partial charge on any atom is -0.358 e. The molecule has 16 heavy (non-hydrogen) atoms. The van der Waals surface area contributed by atoms with E-state index < -0.39 is 0 Å². The predicted octanol–water partition coefficient (Wildman–Crippen LogP) is 3.14. The molecule has 3 heteroatoms. The number of nitrogens with zero attached hydrogens (tertiary/aromatic N) is 1. The molecule has 1 aliphatic rings. The summed E-state index contributed by atoms with van der Waals surface area (Å²) in [6, 6.07) is 8.83. The van der Waals surface area contributed by atoms with Crippen molar-refractivity contribution in [2.24, 2.45) is 4.99 Å². The maximum Gasteiger partial charge on any atom is 0.157 e. The zero-order valence-corrected chi connectivity index (χ0v) is 10.8. The van der Waals surface area contributed by atoms with Gasteiger partial charge in [0.05, 0.1) is 12.6 Å². The van der Waals surface area contributed by atoms with E-state index >= 15 is 0 Å². The lowest BCUT2D eigenvalue weighted by atomic mass is 10.0. The van der Waals surface area contributed by atoms with E-state index in [-0.39, 0.29) is 0 Å². The van der Waals surface area contributed by atoms with Crippen molar-refractivity contribution in [3.05, 3.63) is 35.4 Å². The first-order valence-corrected chi connectivity index (χ1v) is 6.58. The van der Waals surface area contributed by atoms with Crippen molar-refractivity contribution >= 4 is 16.9 Å². The van der Waals surface area contributed by atoms with Crippen LogP contribution in [0.25, 0.3) is 0 Å². The van der Waals surface area contributed by atoms with E-state index in [0.29, 0.717) is 11.3 Å². The Morgan fingerprint density at radius 3 is 2.81 bits per heavy atom. The first-order chi connectivity index (χ1) is 7.66. The third-order valence-electron chi connectivity index (χ3n) is 2.80. The molecule has 1 aromatic carbocycles. The third kappa shape index (κ3) is 2.59. The third-order valence-corrected chi connectivity index (χ3v) is 3.82. The van der Waals surface area contributed by atoms with Gasteiger partial charge in [0.15, 0.2) is 5.17 Å². The van der Waals surface area contributed by atoms with Crippen LogP contribution in [0.3, 0.4) is 0 Å². The molecule has 1 aromatic rings. The van der Waals surface area contributed by atoms with E-state index in [0.717, 1.165) is 11.7 Å². The molecule has 0 bridgehead atoms. The van der Waals surface area contributed by atoms with Crippen molar-refractivity contribution in [3.63, 3.8) is 0 Å². The van der Waals surface area contributed by atoms with Crippen molar-refractivity contribution < 1.29 is 0 Å². The molecule has 2 nitrogen and oxygen atoms in total. The van der Waals surface area contributed by atoms with Gasteiger partial charge < -0.3 is 5.32 Å². The van der Waals surface area contributed by atoms with Crippen LogP contribution in [-0.2, 0) is 0 Å². The Morgan fingerprint density at radius 2 is 2.19 bits per heavy atom. The first kappa shape index (κ1) is 11.5. The lowest BCUT2D eigenvalue weighted by molar-refractivity contribution is 0.717. The summed E-state index contributed by atoms with van der Waals surface area (Å²) < 4.78 is 0. The standard InChI is InChI=1S/C13H18N2S/c1-9-6-4-5-7-12(9)11(3)15-13-14-8-10(2)16-13/h4-7,10-11H,8H2,1-3H3,(H,14,15). The van der Waals surface area contributed by atoms with Crippen LogP contribution in [0.2, 0.25) is 0 Å². The van der Waals surface area contributed by atoms with Gasteiger partial charge in [0.1, 0.15) is 0 Å². The van der Waals surface area contributed by atoms with Gasteiger partial charge in [0.2, 0.25) is 0 Å². The lowest BCUT2D eigenvalue weighted by Crippen LogP contribution is -2.23. The van der Waals surface area contributed by atoms with Crippen molar-refractivity contribution in [2.75, 3.05) is 6.54 Å². The number of hydrogen-bond donors (Lipinski definition) is 1. The molecule has 1 N–H and O–H groups in total. The summed E-state index contributed by atoms with van der Waals surface area (Å²) in [7, 11) is 0. The monoisotopic (exact) mass is 234 g/mol. The summed E-state index contributed by atoms with van der Waals surface area (Å²) in [4.78, 5) is 4.48. The Balaban J connectivity index is 2.04. The average Bonchev–Trinajstić information content (AvgIpc) is 2.64. The Bertz CT molecular complexity index is 401. The molecule has 0 amide bonds. The molecule has 2 atom stereocenters. The molecule has 0 spiro atoms. The number of rotatable bonds is 2. The van der Waals surface area contributed by atoms with Crippen LogP contribution in [0, 0.1) is 6.92 Å². The smallest absolute Gasteiger partial charge is 0.157 e. The number of benzene rings is 1. The minimum atomic E-state index is 0.331. The molecule has 0 fully saturated rings. The van der Waals surface area contributed by atoms with Gasteiger partial charge in [0.25, 0.3) is 0 Å². The number of aliphatic imine (C=N–C) groups is 1. The van der Waals surface area contributed by atoms with E-state index in [2.05, 4.69) is 55.3 Å². The number of hydrogen-bond acceptors (Lipinski definition) is 3. The predicted molar refractivity (Wildman–Crippen MR) is 72.1 cm³/mol. The summed E-state index contributed by atoms with van der Waals surface area (Å²) in [6.45, 7) is 7.49. The van der Waals surface area contributed by atoms with Crippen molar-refractivity contribution in [3.8, 4) is 0 Å². The lowest BCUT2D eigenvalue weighted by Gasteiger charge is -2.17. The second kappa shape index (κ2) is 4.91. The average molecular weight is 234 g/mol. The molecule has 2 unspecified atom stereocenters. The maximum atomic E-state index is 4.48. The summed E-state index contributed by atoms with van der Waals surface area (Å²) >= 11 is 1.83. The second-order valence-corrected chi connectivity index (χ2v) is 5.72. The molecule has 0 aliphatic carbocycles. The molecule has 1 aliphatic heterocycles. The van der Waals surface area contributed by atoms with Gasteiger partial charge in [-0.05, 0) is 25.0 Å². The van der Waals surface area contributed by atoms with E-state index in [4.69, 9.17) is 0 Å². The number of nitrogens with one attached hydrogen (secondary N) is 1. The zero-order valence-electron chi connectivity index (χ0n) is 10.0. The van der Waals surface area contributed by atoms with Crippen molar-refractivity contribution in [1.82, 2.24) is 5.32 Å². The normalized spacial score (nSPS) is 21.7. The molecule has 2 rings (SSSR count). The van der Waals surface area contributed by atoms with Crippen LogP contribution in [0.4, 0.5) is 0 Å². The van der Waals surface area contributed by atoms with Crippen LogP contribution < -0.4 is 5.32 Å². The van der Waals surface area contributed by atoms with E-state index in [1.54, 1.807) is 0 Å². The summed E-state index contributed by atoms with van der Waals surface area (Å²) in [6.07, 6.45) is 0. The largest absolute Gasteiger partial charge is 0.358 e. The van der Waals surface area contributed by atoms with Crippen LogP contribution >= 0.6 is 11.8 Å². The fourth-order valence-electron chi connectivity index (χ4n) is 1.89. The van der Waals surface area contributed by atoms with Gasteiger partial charge in [-0.1, -0.05) is 43.0 Å². The topological polar surface area (TPSA) is 24.4 Å². The highest BCUT2D eigenvalue weighted by Gasteiger charge is 2.17. The molecule has 0 radical (unpaired) electrons. The molecule has 0 saturated carbocycles. The fourth-order valence-corrected chi connectivity index (χ4v) is 2.82. The Kier molecular flexibility index (Phi) is 3.54. The molecular weight excluding hydrogens is 216 g/mol. The van der Waals surface area contributed by atoms with Gasteiger partial charge in [-0.25, -0.2) is 0 Å². The number of thioether (sulfide) groups is 1. The van der Waals surface area contributed by atoms with Crippen LogP contribution in [0.1, 0.15) is 31.0 Å². The molecule has 1 heterocycles. The maximum absolute atomic E-state index is 4.48. The summed E-state index contributed by atoms with van der Waals surface area (Å²) in [5.74, 6) is 0. The van der Waals surface area contributed by atoms with Gasteiger partial charge >= 0.3 is 0 Å². The van der Waals surface area contributed by atoms with Crippen LogP contribution in [0.5, 0.6) is 0 Å². The zero-order chi connectivity index (χ0) is 11.5. The SMILES string of the molecule is Cc1ccccc1C(C)NC1=NCC(C)S1. The van der Waals surface area contributed by atoms with Crippen LogP contribution in [0.15, 0.2) is 29.3 Å². The van der Waals surface area contributed by atoms with Gasteiger partial charge in [-0.2, -0.15) is 0 Å². The molecule has 0 saturated heterocycles. The van der Waals surface area contributed by atoms with Gasteiger partial charge in [-0.15, -0.1) is 0 Å². The van der Waals surface area contributed by atoms with E-state index in [9.17, 15) is 0 Å². The van der Waals surface area contributed by atoms with E-state index in [1.807, 2.05) is 11.8 Å². The van der Waals surface area contributed by atoms with Crippen molar-refractivity contribution in [1.29, 1.82) is 0 Å². The highest BCUT2D eigenvalue weighted by Crippen LogP contribution is 2.23.